The highest BCUT2D eigenvalue weighted by molar-refractivity contribution is 7.17. The molecule has 0 aliphatic carbocycles. The van der Waals surface area contributed by atoms with Gasteiger partial charge in [-0.3, -0.25) is 4.79 Å². The summed E-state index contributed by atoms with van der Waals surface area (Å²) in [5.74, 6) is 0.819. The van der Waals surface area contributed by atoms with Gasteiger partial charge in [-0.2, -0.15) is 0 Å². The molecule has 0 spiro atoms. The van der Waals surface area contributed by atoms with Crippen LogP contribution in [0.5, 0.6) is 5.75 Å². The summed E-state index contributed by atoms with van der Waals surface area (Å²) in [5.41, 5.74) is 1.79. The highest BCUT2D eigenvalue weighted by atomic mass is 32.1. The molecule has 0 bridgehead atoms. The van der Waals surface area contributed by atoms with E-state index in [2.05, 4.69) is 20.5 Å². The monoisotopic (exact) mass is 388 g/mol. The highest BCUT2D eigenvalue weighted by Gasteiger charge is 2.16. The van der Waals surface area contributed by atoms with Crippen molar-refractivity contribution in [2.24, 2.45) is 0 Å². The Labute approximate surface area is 164 Å². The number of amides is 1. The van der Waals surface area contributed by atoms with Crippen molar-refractivity contribution in [2.45, 2.75) is 20.3 Å². The van der Waals surface area contributed by atoms with Crippen molar-refractivity contribution in [2.75, 3.05) is 45.9 Å². The zero-order valence-corrected chi connectivity index (χ0v) is 16.9. The molecule has 1 aliphatic rings. The van der Waals surface area contributed by atoms with Gasteiger partial charge in [0.25, 0.3) is 5.91 Å². The average molecular weight is 389 g/mol. The minimum absolute atomic E-state index is 0.0255. The summed E-state index contributed by atoms with van der Waals surface area (Å²) in [7, 11) is 0. The topological polar surface area (TPSA) is 66.5 Å². The molecule has 1 aromatic carbocycles. The first-order valence-corrected chi connectivity index (χ1v) is 10.4. The number of aryl methyl sites for hydroxylation is 1. The van der Waals surface area contributed by atoms with E-state index in [0.717, 1.165) is 61.2 Å². The molecular weight excluding hydrogens is 360 g/mol. The lowest BCUT2D eigenvalue weighted by molar-refractivity contribution is 0.0954. The van der Waals surface area contributed by atoms with Gasteiger partial charge in [-0.15, -0.1) is 11.3 Å². The molecule has 2 heterocycles. The number of aromatic nitrogens is 1. The number of nitrogens with zero attached hydrogens (tertiary/aromatic N) is 2. The number of hydrogen-bond acceptors (Lipinski definition) is 6. The van der Waals surface area contributed by atoms with Gasteiger partial charge in [-0.25, -0.2) is 4.98 Å². The van der Waals surface area contributed by atoms with E-state index < -0.39 is 0 Å². The number of ether oxygens (including phenoxy) is 1. The summed E-state index contributed by atoms with van der Waals surface area (Å²) >= 11 is 1.44. The van der Waals surface area contributed by atoms with Crippen LogP contribution in [0.2, 0.25) is 0 Å². The molecule has 1 saturated heterocycles. The Kier molecular flexibility index (Phi) is 7.20. The van der Waals surface area contributed by atoms with E-state index in [1.807, 2.05) is 38.1 Å². The van der Waals surface area contributed by atoms with Crippen LogP contribution in [0, 0.1) is 6.92 Å². The number of thiazole rings is 1. The molecule has 146 valence electrons. The zero-order chi connectivity index (χ0) is 19.1. The summed E-state index contributed by atoms with van der Waals surface area (Å²) in [6, 6.07) is 7.84. The third-order valence-corrected chi connectivity index (χ3v) is 5.77. The summed E-state index contributed by atoms with van der Waals surface area (Å²) in [6.45, 7) is 10.5. The number of rotatable bonds is 8. The minimum atomic E-state index is -0.0255. The van der Waals surface area contributed by atoms with Crippen molar-refractivity contribution in [3.05, 3.63) is 34.8 Å². The Morgan fingerprint density at radius 1 is 1.30 bits per heavy atom. The van der Waals surface area contributed by atoms with Gasteiger partial charge in [0.2, 0.25) is 0 Å². The Morgan fingerprint density at radius 2 is 2.04 bits per heavy atom. The van der Waals surface area contributed by atoms with Crippen LogP contribution in [-0.4, -0.2) is 61.7 Å². The number of carbonyl (C=O) groups excluding carboxylic acids is 1. The first kappa shape index (κ1) is 19.8. The predicted molar refractivity (Wildman–Crippen MR) is 110 cm³/mol. The molecule has 0 saturated carbocycles. The van der Waals surface area contributed by atoms with Crippen molar-refractivity contribution in [1.29, 1.82) is 0 Å². The first-order chi connectivity index (χ1) is 13.2. The highest BCUT2D eigenvalue weighted by Crippen LogP contribution is 2.29. The second-order valence-electron chi connectivity index (χ2n) is 6.59. The molecule has 1 aromatic heterocycles. The Hall–Kier alpha value is -1.96. The van der Waals surface area contributed by atoms with Gasteiger partial charge in [-0.05, 0) is 51.1 Å². The van der Waals surface area contributed by atoms with Gasteiger partial charge in [0.1, 0.15) is 15.6 Å². The zero-order valence-electron chi connectivity index (χ0n) is 16.1. The number of carbonyl (C=O) groups is 1. The van der Waals surface area contributed by atoms with Gasteiger partial charge in [0.15, 0.2) is 0 Å². The van der Waals surface area contributed by atoms with Gasteiger partial charge in [0.05, 0.1) is 12.3 Å². The molecule has 1 amide bonds. The molecular formula is C20H28N4O2S. The molecule has 1 aliphatic heterocycles. The van der Waals surface area contributed by atoms with Crippen LogP contribution in [0.3, 0.4) is 0 Å². The van der Waals surface area contributed by atoms with Crippen LogP contribution in [0.1, 0.15) is 28.7 Å². The largest absolute Gasteiger partial charge is 0.494 e. The standard InChI is InChI=1S/C20H28N4O2S/c1-3-26-17-7-5-16(6-8-17)20-23-15(2)18(27-20)19(25)22-9-4-12-24-13-10-21-11-14-24/h5-8,21H,3-4,9-14H2,1-2H3,(H,22,25). The van der Waals surface area contributed by atoms with E-state index in [1.165, 1.54) is 11.3 Å². The summed E-state index contributed by atoms with van der Waals surface area (Å²) in [5, 5.41) is 7.25. The van der Waals surface area contributed by atoms with E-state index in [0.29, 0.717) is 18.0 Å². The van der Waals surface area contributed by atoms with Crippen molar-refractivity contribution in [3.8, 4) is 16.3 Å². The lowest BCUT2D eigenvalue weighted by atomic mass is 10.2. The van der Waals surface area contributed by atoms with Crippen LogP contribution in [0.15, 0.2) is 24.3 Å². The summed E-state index contributed by atoms with van der Waals surface area (Å²) in [4.78, 5) is 20.2. The second kappa shape index (κ2) is 9.82. The van der Waals surface area contributed by atoms with E-state index in [9.17, 15) is 4.79 Å². The third-order valence-electron chi connectivity index (χ3n) is 4.56. The lowest BCUT2D eigenvalue weighted by Gasteiger charge is -2.27. The fourth-order valence-electron chi connectivity index (χ4n) is 3.11. The Bertz CT molecular complexity index is 739. The predicted octanol–water partition coefficient (Wildman–Crippen LogP) is 2.54. The molecule has 6 nitrogen and oxygen atoms in total. The van der Waals surface area contributed by atoms with Gasteiger partial charge < -0.3 is 20.3 Å². The Balaban J connectivity index is 1.52. The first-order valence-electron chi connectivity index (χ1n) is 9.59. The molecule has 1 fully saturated rings. The van der Waals surface area contributed by atoms with Gasteiger partial charge in [-0.1, -0.05) is 0 Å². The molecule has 0 unspecified atom stereocenters. The van der Waals surface area contributed by atoms with Crippen LogP contribution in [0.25, 0.3) is 10.6 Å². The van der Waals surface area contributed by atoms with Crippen molar-refractivity contribution >= 4 is 17.2 Å². The van der Waals surface area contributed by atoms with Crippen molar-refractivity contribution < 1.29 is 9.53 Å². The van der Waals surface area contributed by atoms with Crippen molar-refractivity contribution in [3.63, 3.8) is 0 Å². The fourth-order valence-corrected chi connectivity index (χ4v) is 4.10. The average Bonchev–Trinajstić information content (AvgIpc) is 3.08. The maximum Gasteiger partial charge on any atom is 0.263 e. The normalized spacial score (nSPS) is 14.9. The van der Waals surface area contributed by atoms with Crippen LogP contribution >= 0.6 is 11.3 Å². The maximum absolute atomic E-state index is 12.5. The van der Waals surface area contributed by atoms with Crippen LogP contribution in [-0.2, 0) is 0 Å². The molecule has 0 atom stereocenters. The van der Waals surface area contributed by atoms with Gasteiger partial charge >= 0.3 is 0 Å². The van der Waals surface area contributed by atoms with E-state index in [4.69, 9.17) is 4.74 Å². The number of benzene rings is 1. The maximum atomic E-state index is 12.5. The van der Waals surface area contributed by atoms with E-state index in [-0.39, 0.29) is 5.91 Å². The smallest absolute Gasteiger partial charge is 0.263 e. The molecule has 0 radical (unpaired) electrons. The fraction of sp³-hybridized carbons (Fsp3) is 0.500. The molecule has 7 heteroatoms. The number of hydrogen-bond donors (Lipinski definition) is 2. The van der Waals surface area contributed by atoms with Crippen molar-refractivity contribution in [1.82, 2.24) is 20.5 Å². The number of nitrogens with one attached hydrogen (secondary N) is 2. The third kappa shape index (κ3) is 5.51. The second-order valence-corrected chi connectivity index (χ2v) is 7.59. The lowest BCUT2D eigenvalue weighted by Crippen LogP contribution is -2.44. The minimum Gasteiger partial charge on any atom is -0.494 e. The molecule has 2 aromatic rings. The summed E-state index contributed by atoms with van der Waals surface area (Å²) < 4.78 is 5.47. The number of piperazine rings is 1. The molecule has 3 rings (SSSR count). The summed E-state index contributed by atoms with van der Waals surface area (Å²) in [6.07, 6.45) is 0.968. The van der Waals surface area contributed by atoms with Crippen LogP contribution < -0.4 is 15.4 Å². The molecule has 27 heavy (non-hydrogen) atoms. The van der Waals surface area contributed by atoms with E-state index in [1.54, 1.807) is 0 Å². The van der Waals surface area contributed by atoms with Crippen LogP contribution in [0.4, 0.5) is 0 Å². The van der Waals surface area contributed by atoms with E-state index >= 15 is 0 Å². The SMILES string of the molecule is CCOc1ccc(-c2nc(C)c(C(=O)NCCCN3CCNCC3)s2)cc1. The van der Waals surface area contributed by atoms with Gasteiger partial charge in [0, 0.05) is 38.3 Å². The molecule has 2 N–H and O–H groups in total. The Morgan fingerprint density at radius 3 is 2.74 bits per heavy atom. The quantitative estimate of drug-likeness (QED) is 0.681.